The van der Waals surface area contributed by atoms with Crippen LogP contribution in [-0.4, -0.2) is 17.9 Å². The minimum atomic E-state index is 0.0243. The summed E-state index contributed by atoms with van der Waals surface area (Å²) >= 11 is 1.50. The maximum atomic E-state index is 10.8. The van der Waals surface area contributed by atoms with E-state index in [-0.39, 0.29) is 5.91 Å². The summed E-state index contributed by atoms with van der Waals surface area (Å²) in [4.78, 5) is 12.3. The number of rotatable bonds is 0. The van der Waals surface area contributed by atoms with Gasteiger partial charge in [0, 0.05) is 19.3 Å². The van der Waals surface area contributed by atoms with Crippen LogP contribution in [0.25, 0.3) is 0 Å². The lowest BCUT2D eigenvalue weighted by Crippen LogP contribution is -2.16. The molecule has 0 aliphatic carbocycles. The standard InChI is InChI=1S/C6H7NOS/c1-7-3-5-9-4-2-6(7)8/h2-5H,1H3. The lowest BCUT2D eigenvalue weighted by Gasteiger charge is -2.04. The van der Waals surface area contributed by atoms with Crippen molar-refractivity contribution in [3.63, 3.8) is 0 Å². The van der Waals surface area contributed by atoms with Crippen molar-refractivity contribution >= 4 is 17.7 Å². The van der Waals surface area contributed by atoms with Crippen LogP contribution in [0.5, 0.6) is 0 Å². The summed E-state index contributed by atoms with van der Waals surface area (Å²) in [6.07, 6.45) is 3.29. The van der Waals surface area contributed by atoms with Crippen molar-refractivity contribution in [3.8, 4) is 0 Å². The summed E-state index contributed by atoms with van der Waals surface area (Å²) in [6.45, 7) is 0. The zero-order valence-electron chi connectivity index (χ0n) is 5.07. The van der Waals surface area contributed by atoms with Gasteiger partial charge < -0.3 is 4.90 Å². The summed E-state index contributed by atoms with van der Waals surface area (Å²) in [5.41, 5.74) is 0. The fourth-order valence-electron chi connectivity index (χ4n) is 0.460. The van der Waals surface area contributed by atoms with E-state index in [2.05, 4.69) is 0 Å². The van der Waals surface area contributed by atoms with Crippen LogP contribution < -0.4 is 0 Å². The Morgan fingerprint density at radius 3 is 3.11 bits per heavy atom. The van der Waals surface area contributed by atoms with Gasteiger partial charge in [-0.15, -0.1) is 11.8 Å². The number of amides is 1. The molecule has 0 spiro atoms. The maximum absolute atomic E-state index is 10.8. The van der Waals surface area contributed by atoms with Crippen molar-refractivity contribution in [1.29, 1.82) is 0 Å². The van der Waals surface area contributed by atoms with E-state index in [1.165, 1.54) is 16.7 Å². The Labute approximate surface area is 58.2 Å². The lowest BCUT2D eigenvalue weighted by molar-refractivity contribution is -0.122. The first-order valence-corrected chi connectivity index (χ1v) is 3.50. The third-order valence-corrected chi connectivity index (χ3v) is 1.57. The smallest absolute Gasteiger partial charge is 0.250 e. The maximum Gasteiger partial charge on any atom is 0.250 e. The van der Waals surface area contributed by atoms with Crippen molar-refractivity contribution in [2.45, 2.75) is 0 Å². The van der Waals surface area contributed by atoms with E-state index < -0.39 is 0 Å². The molecule has 1 heterocycles. The number of likely N-dealkylation sites (N-methyl/N-ethyl adjacent to an activating group) is 1. The van der Waals surface area contributed by atoms with Gasteiger partial charge in [-0.3, -0.25) is 4.79 Å². The second-order valence-electron chi connectivity index (χ2n) is 1.67. The van der Waals surface area contributed by atoms with Gasteiger partial charge in [0.25, 0.3) is 5.91 Å². The molecule has 0 atom stereocenters. The predicted octanol–water partition coefficient (Wildman–Crippen LogP) is 1.18. The molecule has 9 heavy (non-hydrogen) atoms. The Hall–Kier alpha value is -0.700. The molecule has 0 bridgehead atoms. The molecule has 1 aliphatic rings. The molecule has 0 saturated carbocycles. The van der Waals surface area contributed by atoms with Crippen LogP contribution in [0.2, 0.25) is 0 Å². The van der Waals surface area contributed by atoms with Gasteiger partial charge in [-0.25, -0.2) is 0 Å². The number of carbonyl (C=O) groups is 1. The minimum absolute atomic E-state index is 0.0243. The van der Waals surface area contributed by atoms with Crippen molar-refractivity contribution in [2.24, 2.45) is 0 Å². The zero-order chi connectivity index (χ0) is 6.69. The molecular formula is C6H7NOS. The van der Waals surface area contributed by atoms with E-state index in [4.69, 9.17) is 0 Å². The summed E-state index contributed by atoms with van der Waals surface area (Å²) in [5, 5.41) is 3.63. The Morgan fingerprint density at radius 1 is 1.56 bits per heavy atom. The highest BCUT2D eigenvalue weighted by Crippen LogP contribution is 2.08. The van der Waals surface area contributed by atoms with Gasteiger partial charge in [-0.2, -0.15) is 0 Å². The quantitative estimate of drug-likeness (QED) is 0.505. The lowest BCUT2D eigenvalue weighted by atomic mass is 10.5. The van der Waals surface area contributed by atoms with E-state index in [0.717, 1.165) is 0 Å². The van der Waals surface area contributed by atoms with Crippen molar-refractivity contribution < 1.29 is 4.79 Å². The van der Waals surface area contributed by atoms with Crippen LogP contribution in [0.4, 0.5) is 0 Å². The van der Waals surface area contributed by atoms with Crippen LogP contribution in [-0.2, 0) is 4.79 Å². The molecule has 3 heteroatoms. The monoisotopic (exact) mass is 141 g/mol. The van der Waals surface area contributed by atoms with Crippen LogP contribution in [0.3, 0.4) is 0 Å². The summed E-state index contributed by atoms with van der Waals surface area (Å²) in [7, 11) is 1.73. The number of nitrogens with zero attached hydrogens (tertiary/aromatic N) is 1. The second kappa shape index (κ2) is 2.73. The first-order valence-electron chi connectivity index (χ1n) is 2.56. The highest BCUT2D eigenvalue weighted by molar-refractivity contribution is 8.04. The predicted molar refractivity (Wildman–Crippen MR) is 38.6 cm³/mol. The third-order valence-electron chi connectivity index (χ3n) is 1.000. The largest absolute Gasteiger partial charge is 0.318 e. The molecule has 1 aliphatic heterocycles. The van der Waals surface area contributed by atoms with Gasteiger partial charge in [0.05, 0.1) is 0 Å². The van der Waals surface area contributed by atoms with Gasteiger partial charge in [0.1, 0.15) is 0 Å². The third kappa shape index (κ3) is 1.61. The van der Waals surface area contributed by atoms with E-state index in [9.17, 15) is 4.79 Å². The number of hydrogen-bond acceptors (Lipinski definition) is 2. The number of carbonyl (C=O) groups excluding carboxylic acids is 1. The van der Waals surface area contributed by atoms with Gasteiger partial charge >= 0.3 is 0 Å². The van der Waals surface area contributed by atoms with Crippen molar-refractivity contribution in [2.75, 3.05) is 7.05 Å². The average Bonchev–Trinajstić information content (AvgIpc) is 1.99. The average molecular weight is 141 g/mol. The molecule has 1 rings (SSSR count). The SMILES string of the molecule is CN1C=CSC=CC1=O. The molecule has 0 aromatic heterocycles. The Balaban J connectivity index is 2.73. The van der Waals surface area contributed by atoms with E-state index >= 15 is 0 Å². The van der Waals surface area contributed by atoms with Crippen molar-refractivity contribution in [1.82, 2.24) is 4.90 Å². The first-order chi connectivity index (χ1) is 4.30. The molecule has 0 fully saturated rings. The molecule has 2 nitrogen and oxygen atoms in total. The molecule has 0 unspecified atom stereocenters. The molecule has 0 aromatic rings. The molecule has 0 saturated heterocycles. The van der Waals surface area contributed by atoms with Crippen LogP contribution >= 0.6 is 11.8 Å². The molecule has 1 amide bonds. The van der Waals surface area contributed by atoms with E-state index in [1.807, 2.05) is 5.41 Å². The highest BCUT2D eigenvalue weighted by Gasteiger charge is 2.00. The summed E-state index contributed by atoms with van der Waals surface area (Å²) in [6, 6.07) is 0. The molecule has 48 valence electrons. The van der Waals surface area contributed by atoms with E-state index in [0.29, 0.717) is 0 Å². The van der Waals surface area contributed by atoms with E-state index in [1.54, 1.807) is 24.7 Å². The minimum Gasteiger partial charge on any atom is -0.318 e. The van der Waals surface area contributed by atoms with Gasteiger partial charge in [0.15, 0.2) is 0 Å². The van der Waals surface area contributed by atoms with Gasteiger partial charge in [0.2, 0.25) is 0 Å². The normalized spacial score (nSPS) is 18.3. The van der Waals surface area contributed by atoms with Gasteiger partial charge in [-0.1, -0.05) is 0 Å². The first kappa shape index (κ1) is 6.42. The Morgan fingerprint density at radius 2 is 2.33 bits per heavy atom. The molecule has 0 aromatic carbocycles. The molecule has 0 N–H and O–H groups in total. The van der Waals surface area contributed by atoms with Crippen LogP contribution in [0, 0.1) is 0 Å². The topological polar surface area (TPSA) is 20.3 Å². The van der Waals surface area contributed by atoms with Crippen molar-refractivity contribution in [3.05, 3.63) is 23.1 Å². The number of hydrogen-bond donors (Lipinski definition) is 0. The molecular weight excluding hydrogens is 134 g/mol. The fraction of sp³-hybridized carbons (Fsp3) is 0.167. The number of thioether (sulfide) groups is 1. The zero-order valence-corrected chi connectivity index (χ0v) is 5.89. The second-order valence-corrected chi connectivity index (χ2v) is 2.49. The summed E-state index contributed by atoms with van der Waals surface area (Å²) < 4.78 is 0. The van der Waals surface area contributed by atoms with Crippen LogP contribution in [0.15, 0.2) is 23.1 Å². The highest BCUT2D eigenvalue weighted by atomic mass is 32.2. The fourth-order valence-corrected chi connectivity index (χ4v) is 0.999. The summed E-state index contributed by atoms with van der Waals surface area (Å²) in [5.74, 6) is 0.0243. The Kier molecular flexibility index (Phi) is 1.95. The molecule has 0 radical (unpaired) electrons. The Bertz CT molecular complexity index is 174. The van der Waals surface area contributed by atoms with Crippen LogP contribution in [0.1, 0.15) is 0 Å². The van der Waals surface area contributed by atoms with Gasteiger partial charge in [-0.05, 0) is 10.8 Å².